The van der Waals surface area contributed by atoms with Gasteiger partial charge in [0, 0.05) is 18.3 Å². The fraction of sp³-hybridized carbons (Fsp3) is 0.562. The molecule has 0 amide bonds. The molecular formula is C16H20ClN3O2. The SMILES string of the molecule is COC(=O)[C@]1(C)CC[C@@H](c2ncc3c(Cl)nccn23)C1(C)C. The van der Waals surface area contributed by atoms with Crippen LogP contribution in [0.4, 0.5) is 0 Å². The number of fused-ring (bicyclic) bond motifs is 1. The summed E-state index contributed by atoms with van der Waals surface area (Å²) in [5, 5.41) is 0.438. The van der Waals surface area contributed by atoms with Crippen LogP contribution in [0.2, 0.25) is 5.15 Å². The van der Waals surface area contributed by atoms with Gasteiger partial charge in [0.1, 0.15) is 11.3 Å². The molecule has 3 rings (SSSR count). The molecule has 0 unspecified atom stereocenters. The molecule has 2 aromatic rings. The summed E-state index contributed by atoms with van der Waals surface area (Å²) in [5.74, 6) is 0.926. The molecule has 0 aliphatic heterocycles. The largest absolute Gasteiger partial charge is 0.469 e. The molecule has 2 atom stereocenters. The van der Waals surface area contributed by atoms with Crippen LogP contribution in [0.15, 0.2) is 18.6 Å². The number of hydrogen-bond acceptors (Lipinski definition) is 4. The summed E-state index contributed by atoms with van der Waals surface area (Å²) in [6, 6.07) is 0. The van der Waals surface area contributed by atoms with Gasteiger partial charge in [-0.3, -0.25) is 9.20 Å². The number of ether oxygens (including phenoxy) is 1. The molecule has 1 aliphatic carbocycles. The maximum absolute atomic E-state index is 12.3. The van der Waals surface area contributed by atoms with Gasteiger partial charge in [0.05, 0.1) is 18.7 Å². The number of nitrogens with zero attached hydrogens (tertiary/aromatic N) is 3. The number of halogens is 1. The number of hydrogen-bond donors (Lipinski definition) is 0. The van der Waals surface area contributed by atoms with Gasteiger partial charge < -0.3 is 4.74 Å². The van der Waals surface area contributed by atoms with E-state index in [1.165, 1.54) is 7.11 Å². The van der Waals surface area contributed by atoms with E-state index in [2.05, 4.69) is 23.8 Å². The predicted molar refractivity (Wildman–Crippen MR) is 83.9 cm³/mol. The van der Waals surface area contributed by atoms with Gasteiger partial charge in [-0.2, -0.15) is 0 Å². The second kappa shape index (κ2) is 4.95. The third kappa shape index (κ3) is 1.88. The van der Waals surface area contributed by atoms with E-state index in [0.717, 1.165) is 24.2 Å². The van der Waals surface area contributed by atoms with Crippen LogP contribution in [-0.2, 0) is 9.53 Å². The Hall–Kier alpha value is -1.62. The van der Waals surface area contributed by atoms with E-state index in [9.17, 15) is 4.79 Å². The molecule has 0 saturated heterocycles. The molecule has 1 fully saturated rings. The Bertz CT molecular complexity index is 740. The van der Waals surface area contributed by atoms with E-state index in [-0.39, 0.29) is 17.3 Å². The Balaban J connectivity index is 2.09. The zero-order chi connectivity index (χ0) is 16.1. The topological polar surface area (TPSA) is 56.5 Å². The Kier molecular flexibility index (Phi) is 3.44. The van der Waals surface area contributed by atoms with Gasteiger partial charge >= 0.3 is 5.97 Å². The van der Waals surface area contributed by atoms with Crippen LogP contribution in [0.25, 0.3) is 5.52 Å². The van der Waals surface area contributed by atoms with Crippen molar-refractivity contribution in [2.24, 2.45) is 10.8 Å². The monoisotopic (exact) mass is 321 g/mol. The van der Waals surface area contributed by atoms with Crippen molar-refractivity contribution in [3.05, 3.63) is 29.6 Å². The first-order valence-corrected chi connectivity index (χ1v) is 7.76. The molecule has 22 heavy (non-hydrogen) atoms. The number of aromatic nitrogens is 3. The summed E-state index contributed by atoms with van der Waals surface area (Å²) in [6.45, 7) is 6.22. The summed E-state index contributed by atoms with van der Waals surface area (Å²) in [6.07, 6.45) is 6.95. The number of carbonyl (C=O) groups is 1. The summed E-state index contributed by atoms with van der Waals surface area (Å²) in [5.41, 5.74) is 0.00767. The van der Waals surface area contributed by atoms with Gasteiger partial charge in [-0.05, 0) is 25.2 Å². The minimum Gasteiger partial charge on any atom is -0.469 e. The average molecular weight is 322 g/mol. The van der Waals surface area contributed by atoms with Crippen molar-refractivity contribution in [1.82, 2.24) is 14.4 Å². The van der Waals surface area contributed by atoms with E-state index in [4.69, 9.17) is 16.3 Å². The quantitative estimate of drug-likeness (QED) is 0.795. The molecule has 0 radical (unpaired) electrons. The molecular weight excluding hydrogens is 302 g/mol. The maximum atomic E-state index is 12.3. The highest BCUT2D eigenvalue weighted by Gasteiger charge is 2.58. The second-order valence-corrected chi connectivity index (χ2v) is 7.08. The lowest BCUT2D eigenvalue weighted by Crippen LogP contribution is -2.41. The molecule has 0 aromatic carbocycles. The zero-order valence-electron chi connectivity index (χ0n) is 13.3. The van der Waals surface area contributed by atoms with Gasteiger partial charge in [0.25, 0.3) is 0 Å². The Labute approximate surface area is 134 Å². The van der Waals surface area contributed by atoms with Gasteiger partial charge in [0.2, 0.25) is 0 Å². The number of carbonyl (C=O) groups excluding carboxylic acids is 1. The minimum absolute atomic E-state index is 0.151. The fourth-order valence-corrected chi connectivity index (χ4v) is 3.91. The first-order valence-electron chi connectivity index (χ1n) is 7.39. The van der Waals surface area contributed by atoms with Crippen molar-refractivity contribution in [2.45, 2.75) is 39.5 Å². The highest BCUT2D eigenvalue weighted by atomic mass is 35.5. The Morgan fingerprint density at radius 3 is 2.82 bits per heavy atom. The molecule has 1 saturated carbocycles. The molecule has 118 valence electrons. The first-order chi connectivity index (χ1) is 10.3. The average Bonchev–Trinajstić information content (AvgIpc) is 3.00. The van der Waals surface area contributed by atoms with E-state index in [1.807, 2.05) is 17.5 Å². The van der Waals surface area contributed by atoms with Crippen LogP contribution >= 0.6 is 11.6 Å². The summed E-state index contributed by atoms with van der Waals surface area (Å²) in [4.78, 5) is 21.0. The lowest BCUT2D eigenvalue weighted by molar-refractivity contribution is -0.157. The number of imidazole rings is 1. The first kappa shape index (κ1) is 15.3. The summed E-state index contributed by atoms with van der Waals surface area (Å²) in [7, 11) is 1.45. The van der Waals surface area contributed by atoms with Crippen LogP contribution in [0.3, 0.4) is 0 Å². The summed E-state index contributed by atoms with van der Waals surface area (Å²) < 4.78 is 7.02. The Morgan fingerprint density at radius 2 is 2.14 bits per heavy atom. The highest BCUT2D eigenvalue weighted by Crippen LogP contribution is 2.60. The van der Waals surface area contributed by atoms with Crippen LogP contribution in [0.1, 0.15) is 45.4 Å². The summed E-state index contributed by atoms with van der Waals surface area (Å²) >= 11 is 6.13. The maximum Gasteiger partial charge on any atom is 0.312 e. The molecule has 1 aliphatic rings. The van der Waals surface area contributed by atoms with Gasteiger partial charge in [-0.15, -0.1) is 0 Å². The smallest absolute Gasteiger partial charge is 0.312 e. The van der Waals surface area contributed by atoms with E-state index < -0.39 is 5.41 Å². The van der Waals surface area contributed by atoms with Gasteiger partial charge in [-0.1, -0.05) is 25.4 Å². The van der Waals surface area contributed by atoms with Crippen molar-refractivity contribution < 1.29 is 9.53 Å². The third-order valence-corrected chi connectivity index (χ3v) is 5.91. The van der Waals surface area contributed by atoms with Gasteiger partial charge in [0.15, 0.2) is 5.15 Å². The van der Waals surface area contributed by atoms with E-state index in [1.54, 1.807) is 12.4 Å². The number of methoxy groups -OCH3 is 1. The fourth-order valence-electron chi connectivity index (χ4n) is 3.72. The van der Waals surface area contributed by atoms with Crippen molar-refractivity contribution in [3.63, 3.8) is 0 Å². The molecule has 6 heteroatoms. The second-order valence-electron chi connectivity index (χ2n) is 6.73. The number of esters is 1. The van der Waals surface area contributed by atoms with Gasteiger partial charge in [-0.25, -0.2) is 9.97 Å². The molecule has 2 heterocycles. The van der Waals surface area contributed by atoms with E-state index in [0.29, 0.717) is 5.15 Å². The Morgan fingerprint density at radius 1 is 1.41 bits per heavy atom. The molecule has 2 aromatic heterocycles. The van der Waals surface area contributed by atoms with Crippen LogP contribution in [-0.4, -0.2) is 27.4 Å². The lowest BCUT2D eigenvalue weighted by atomic mass is 9.65. The molecule has 0 N–H and O–H groups in total. The van der Waals surface area contributed by atoms with Crippen LogP contribution in [0, 0.1) is 10.8 Å². The van der Waals surface area contributed by atoms with Crippen molar-refractivity contribution in [2.75, 3.05) is 7.11 Å². The lowest BCUT2D eigenvalue weighted by Gasteiger charge is -2.38. The van der Waals surface area contributed by atoms with Crippen molar-refractivity contribution in [3.8, 4) is 0 Å². The molecule has 0 spiro atoms. The molecule has 5 nitrogen and oxygen atoms in total. The normalized spacial score (nSPS) is 27.2. The van der Waals surface area contributed by atoms with Crippen LogP contribution in [0.5, 0.6) is 0 Å². The highest BCUT2D eigenvalue weighted by molar-refractivity contribution is 6.32. The third-order valence-electron chi connectivity index (χ3n) is 5.61. The van der Waals surface area contributed by atoms with Crippen molar-refractivity contribution in [1.29, 1.82) is 0 Å². The van der Waals surface area contributed by atoms with Crippen molar-refractivity contribution >= 4 is 23.1 Å². The predicted octanol–water partition coefficient (Wildman–Crippen LogP) is 3.47. The minimum atomic E-state index is -0.519. The zero-order valence-corrected chi connectivity index (χ0v) is 14.0. The number of rotatable bonds is 2. The molecule has 0 bridgehead atoms. The van der Waals surface area contributed by atoms with E-state index >= 15 is 0 Å². The standard InChI is InChI=1S/C16H20ClN3O2/c1-15(2)10(5-6-16(15,3)14(21)22-4)13-19-9-11-12(17)18-7-8-20(11)13/h7-10H,5-6H2,1-4H3/t10-,16-/m0/s1. The van der Waals surface area contributed by atoms with Crippen LogP contribution < -0.4 is 0 Å².